The fourth-order valence-electron chi connectivity index (χ4n) is 3.68. The highest BCUT2D eigenvalue weighted by Gasteiger charge is 2.38. The maximum absolute atomic E-state index is 12.7. The van der Waals surface area contributed by atoms with Gasteiger partial charge in [-0.2, -0.15) is 0 Å². The predicted molar refractivity (Wildman–Crippen MR) is 127 cm³/mol. The molecule has 166 valence electrons. The molecular weight excluding hydrogens is 410 g/mol. The summed E-state index contributed by atoms with van der Waals surface area (Å²) in [5.41, 5.74) is 2.95. The average molecular weight is 442 g/mol. The lowest BCUT2D eigenvalue weighted by atomic mass is 10.2. The largest absolute Gasteiger partial charge is 0.481 e. The second kappa shape index (κ2) is 11.1. The van der Waals surface area contributed by atoms with Crippen molar-refractivity contribution >= 4 is 35.0 Å². The number of carboxylic acids is 1. The van der Waals surface area contributed by atoms with E-state index in [1.165, 1.54) is 0 Å². The monoisotopic (exact) mass is 441 g/mol. The Bertz CT molecular complexity index is 850. The fourth-order valence-corrected chi connectivity index (χ4v) is 4.89. The van der Waals surface area contributed by atoms with E-state index in [9.17, 15) is 14.7 Å². The van der Waals surface area contributed by atoms with Gasteiger partial charge in [0.25, 0.3) is 0 Å². The van der Waals surface area contributed by atoms with E-state index in [0.29, 0.717) is 19.5 Å². The molecule has 3 rings (SSSR count). The van der Waals surface area contributed by atoms with Crippen molar-refractivity contribution in [3.63, 3.8) is 0 Å². The molecule has 0 saturated heterocycles. The number of carbonyl (C=O) groups excluding carboxylic acids is 1. The van der Waals surface area contributed by atoms with Crippen LogP contribution in [0, 0.1) is 0 Å². The van der Waals surface area contributed by atoms with Crippen LogP contribution in [0.15, 0.2) is 54.6 Å². The van der Waals surface area contributed by atoms with Crippen LogP contribution in [0.4, 0.5) is 11.4 Å². The topological polar surface area (TPSA) is 81.7 Å². The Labute approximate surface area is 188 Å². The van der Waals surface area contributed by atoms with Crippen molar-refractivity contribution in [2.75, 3.05) is 22.9 Å². The number of nitrogens with zero attached hydrogens (tertiary/aromatic N) is 1. The molecule has 1 aliphatic heterocycles. The summed E-state index contributed by atoms with van der Waals surface area (Å²) in [4.78, 5) is 25.4. The van der Waals surface area contributed by atoms with E-state index < -0.39 is 11.0 Å². The SMILES string of the molecule is CCCCC(=O)N(CCCSC1(CC(=O)O)Nc2ccccc2N1)Cc1ccccc1. The minimum atomic E-state index is -0.860. The molecule has 3 N–H and O–H groups in total. The molecule has 0 radical (unpaired) electrons. The quantitative estimate of drug-likeness (QED) is 0.402. The number of carbonyl (C=O) groups is 2. The van der Waals surface area contributed by atoms with Crippen LogP contribution in [0.3, 0.4) is 0 Å². The molecule has 31 heavy (non-hydrogen) atoms. The Balaban J connectivity index is 1.58. The van der Waals surface area contributed by atoms with Gasteiger partial charge in [-0.15, -0.1) is 11.8 Å². The number of carboxylic acid groups (broad SMARTS) is 1. The van der Waals surface area contributed by atoms with E-state index in [-0.39, 0.29) is 12.3 Å². The van der Waals surface area contributed by atoms with Gasteiger partial charge < -0.3 is 20.6 Å². The molecule has 0 spiro atoms. The molecule has 2 aromatic carbocycles. The third kappa shape index (κ3) is 6.66. The first-order valence-electron chi connectivity index (χ1n) is 10.8. The molecule has 2 aromatic rings. The zero-order valence-corrected chi connectivity index (χ0v) is 18.8. The number of hydrogen-bond donors (Lipinski definition) is 3. The van der Waals surface area contributed by atoms with Crippen LogP contribution in [-0.2, 0) is 16.1 Å². The normalized spacial score (nSPS) is 13.7. The van der Waals surface area contributed by atoms with Gasteiger partial charge in [-0.25, -0.2) is 0 Å². The van der Waals surface area contributed by atoms with E-state index in [1.807, 2.05) is 59.5 Å². The summed E-state index contributed by atoms with van der Waals surface area (Å²) in [5, 5.41) is 16.1. The van der Waals surface area contributed by atoms with Crippen LogP contribution >= 0.6 is 11.8 Å². The zero-order chi connectivity index (χ0) is 22.1. The summed E-state index contributed by atoms with van der Waals surface area (Å²) in [6, 6.07) is 17.8. The maximum atomic E-state index is 12.7. The van der Waals surface area contributed by atoms with Crippen LogP contribution in [0.5, 0.6) is 0 Å². The molecule has 7 heteroatoms. The molecular formula is C24H31N3O3S. The third-order valence-corrected chi connectivity index (χ3v) is 6.57. The lowest BCUT2D eigenvalue weighted by Crippen LogP contribution is -2.41. The van der Waals surface area contributed by atoms with Crippen molar-refractivity contribution in [1.82, 2.24) is 4.90 Å². The van der Waals surface area contributed by atoms with Gasteiger partial charge in [0, 0.05) is 19.5 Å². The van der Waals surface area contributed by atoms with Crippen molar-refractivity contribution < 1.29 is 14.7 Å². The summed E-state index contributed by atoms with van der Waals surface area (Å²) >= 11 is 1.55. The minimum Gasteiger partial charge on any atom is -0.481 e. The van der Waals surface area contributed by atoms with Crippen LogP contribution < -0.4 is 10.6 Å². The number of rotatable bonds is 12. The van der Waals surface area contributed by atoms with Gasteiger partial charge in [-0.1, -0.05) is 55.8 Å². The number of benzene rings is 2. The minimum absolute atomic E-state index is 0.0461. The molecule has 0 fully saturated rings. The zero-order valence-electron chi connectivity index (χ0n) is 18.0. The van der Waals surface area contributed by atoms with Gasteiger partial charge in [-0.3, -0.25) is 9.59 Å². The van der Waals surface area contributed by atoms with Gasteiger partial charge in [0.05, 0.1) is 17.8 Å². The lowest BCUT2D eigenvalue weighted by Gasteiger charge is -2.29. The number of thioether (sulfide) groups is 1. The third-order valence-electron chi connectivity index (χ3n) is 5.23. The number of hydrogen-bond acceptors (Lipinski definition) is 5. The fraction of sp³-hybridized carbons (Fsp3) is 0.417. The van der Waals surface area contributed by atoms with Crippen LogP contribution in [0.25, 0.3) is 0 Å². The summed E-state index contributed by atoms with van der Waals surface area (Å²) in [6.45, 7) is 3.35. The van der Waals surface area contributed by atoms with Crippen LogP contribution in [0.2, 0.25) is 0 Å². The molecule has 0 unspecified atom stereocenters. The van der Waals surface area contributed by atoms with Crippen LogP contribution in [0.1, 0.15) is 44.6 Å². The predicted octanol–water partition coefficient (Wildman–Crippen LogP) is 4.99. The van der Waals surface area contributed by atoms with Crippen molar-refractivity contribution in [1.29, 1.82) is 0 Å². The number of nitrogens with one attached hydrogen (secondary N) is 2. The first-order valence-corrected chi connectivity index (χ1v) is 11.8. The van der Waals surface area contributed by atoms with Crippen molar-refractivity contribution in [2.24, 2.45) is 0 Å². The molecule has 6 nitrogen and oxygen atoms in total. The second-order valence-corrected chi connectivity index (χ2v) is 9.19. The van der Waals surface area contributed by atoms with Crippen molar-refractivity contribution in [3.8, 4) is 0 Å². The number of amides is 1. The number of unbranched alkanes of at least 4 members (excludes halogenated alkanes) is 1. The van der Waals surface area contributed by atoms with Gasteiger partial charge in [0.2, 0.25) is 5.91 Å². The molecule has 0 saturated carbocycles. The van der Waals surface area contributed by atoms with Gasteiger partial charge in [-0.05, 0) is 36.3 Å². The molecule has 1 heterocycles. The Morgan fingerprint density at radius 3 is 2.26 bits per heavy atom. The van der Waals surface area contributed by atoms with E-state index in [2.05, 4.69) is 17.6 Å². The Morgan fingerprint density at radius 2 is 1.65 bits per heavy atom. The molecule has 0 atom stereocenters. The highest BCUT2D eigenvalue weighted by atomic mass is 32.2. The number of aliphatic carboxylic acids is 1. The molecule has 1 amide bonds. The summed E-state index contributed by atoms with van der Waals surface area (Å²) < 4.78 is 0. The van der Waals surface area contributed by atoms with Gasteiger partial charge in [0.1, 0.15) is 0 Å². The second-order valence-electron chi connectivity index (χ2n) is 7.80. The Hall–Kier alpha value is -2.67. The summed E-state index contributed by atoms with van der Waals surface area (Å²) in [6.07, 6.45) is 3.20. The van der Waals surface area contributed by atoms with Gasteiger partial charge >= 0.3 is 5.97 Å². The average Bonchev–Trinajstić information content (AvgIpc) is 3.12. The first-order chi connectivity index (χ1) is 15.0. The molecule has 0 aromatic heterocycles. The number of fused-ring (bicyclic) bond motifs is 1. The highest BCUT2D eigenvalue weighted by molar-refractivity contribution is 8.00. The van der Waals surface area contributed by atoms with Crippen molar-refractivity contribution in [3.05, 3.63) is 60.2 Å². The number of para-hydroxylation sites is 2. The van der Waals surface area contributed by atoms with E-state index in [0.717, 1.165) is 42.0 Å². The first kappa shape index (κ1) is 23.0. The van der Waals surface area contributed by atoms with E-state index >= 15 is 0 Å². The van der Waals surface area contributed by atoms with Gasteiger partial charge in [0.15, 0.2) is 4.99 Å². The Morgan fingerprint density at radius 1 is 1.00 bits per heavy atom. The van der Waals surface area contributed by atoms with E-state index in [1.54, 1.807) is 11.8 Å². The molecule has 0 aliphatic carbocycles. The smallest absolute Gasteiger partial charge is 0.308 e. The molecule has 1 aliphatic rings. The summed E-state index contributed by atoms with van der Waals surface area (Å²) in [5.74, 6) is 0.0504. The lowest BCUT2D eigenvalue weighted by molar-refractivity contribution is -0.137. The van der Waals surface area contributed by atoms with Crippen molar-refractivity contribution in [2.45, 2.75) is 50.6 Å². The van der Waals surface area contributed by atoms with Crippen LogP contribution in [-0.4, -0.2) is 39.2 Å². The number of anilines is 2. The standard InChI is InChI=1S/C24H31N3O3S/c1-2-3-14-22(28)27(18-19-10-5-4-6-11-19)15-9-16-31-24(17-23(29)30)25-20-12-7-8-13-21(20)26-24/h4-8,10-13,25-26H,2-3,9,14-18H2,1H3,(H,29,30). The summed E-state index contributed by atoms with van der Waals surface area (Å²) in [7, 11) is 0. The molecule has 0 bridgehead atoms. The van der Waals surface area contributed by atoms with E-state index in [4.69, 9.17) is 0 Å². The highest BCUT2D eigenvalue weighted by Crippen LogP contribution is 2.41. The Kier molecular flexibility index (Phi) is 8.23. The maximum Gasteiger partial charge on any atom is 0.308 e.